The monoisotopic (exact) mass is 389 g/mol. The van der Waals surface area contributed by atoms with E-state index in [1.807, 2.05) is 24.3 Å². The zero-order valence-electron chi connectivity index (χ0n) is 15.2. The van der Waals surface area contributed by atoms with Gasteiger partial charge >= 0.3 is 0 Å². The number of aromatic nitrogens is 4. The topological polar surface area (TPSA) is 78.9 Å². The summed E-state index contributed by atoms with van der Waals surface area (Å²) < 4.78 is 6.70. The van der Waals surface area contributed by atoms with Gasteiger partial charge in [0.25, 0.3) is 0 Å². The number of methoxy groups -OCH3 is 1. The van der Waals surface area contributed by atoms with Crippen LogP contribution in [0.25, 0.3) is 11.4 Å². The molecule has 0 atom stereocenters. The number of nitrogens with two attached hydrogens (primary N) is 1. The minimum atomic E-state index is 0.631. The van der Waals surface area contributed by atoms with Crippen LogP contribution in [0, 0.1) is 5.92 Å². The molecule has 0 aliphatic rings. The van der Waals surface area contributed by atoms with Crippen LogP contribution in [-0.4, -0.2) is 27.0 Å². The van der Waals surface area contributed by atoms with E-state index >= 15 is 0 Å². The van der Waals surface area contributed by atoms with Crippen LogP contribution in [0.15, 0.2) is 34.8 Å². The lowest BCUT2D eigenvalue weighted by Gasteiger charge is -2.04. The second-order valence-electron chi connectivity index (χ2n) is 6.36. The lowest BCUT2D eigenvalue weighted by Crippen LogP contribution is -2.11. The van der Waals surface area contributed by atoms with Gasteiger partial charge in [0, 0.05) is 16.7 Å². The summed E-state index contributed by atoms with van der Waals surface area (Å²) >= 11 is 3.27. The van der Waals surface area contributed by atoms with Crippen LogP contribution in [0.3, 0.4) is 0 Å². The molecular weight excluding hydrogens is 366 g/mol. The van der Waals surface area contributed by atoms with Crippen LogP contribution in [0.2, 0.25) is 0 Å². The number of thioether (sulfide) groups is 1. The molecule has 0 saturated heterocycles. The SMILES string of the molecule is COc1ccc(-c2nnc(SCc3csc(CCC(C)C)n3)n2N)cc1. The van der Waals surface area contributed by atoms with Crippen molar-refractivity contribution in [3.8, 4) is 17.1 Å². The summed E-state index contributed by atoms with van der Waals surface area (Å²) in [7, 11) is 1.64. The van der Waals surface area contributed by atoms with E-state index in [2.05, 4.69) is 29.4 Å². The van der Waals surface area contributed by atoms with Crippen LogP contribution < -0.4 is 10.6 Å². The predicted molar refractivity (Wildman–Crippen MR) is 107 cm³/mol. The van der Waals surface area contributed by atoms with E-state index in [9.17, 15) is 0 Å². The van der Waals surface area contributed by atoms with Gasteiger partial charge in [0.15, 0.2) is 5.82 Å². The average molecular weight is 390 g/mol. The highest BCUT2D eigenvalue weighted by Gasteiger charge is 2.13. The highest BCUT2D eigenvalue weighted by atomic mass is 32.2. The maximum absolute atomic E-state index is 6.18. The second-order valence-corrected chi connectivity index (χ2v) is 8.24. The van der Waals surface area contributed by atoms with Crippen LogP contribution in [0.1, 0.15) is 31.0 Å². The fraction of sp³-hybridized carbons (Fsp3) is 0.389. The maximum atomic E-state index is 6.18. The van der Waals surface area contributed by atoms with Gasteiger partial charge in [-0.3, -0.25) is 0 Å². The number of ether oxygens (including phenoxy) is 1. The molecule has 3 rings (SSSR count). The fourth-order valence-corrected chi connectivity index (χ4v) is 4.06. The van der Waals surface area contributed by atoms with E-state index in [1.165, 1.54) is 16.1 Å². The van der Waals surface area contributed by atoms with E-state index in [0.717, 1.165) is 29.2 Å². The Morgan fingerprint density at radius 2 is 2.00 bits per heavy atom. The number of hydrogen-bond donors (Lipinski definition) is 1. The molecule has 2 heterocycles. The van der Waals surface area contributed by atoms with E-state index < -0.39 is 0 Å². The highest BCUT2D eigenvalue weighted by Crippen LogP contribution is 2.26. The lowest BCUT2D eigenvalue weighted by molar-refractivity contribution is 0.415. The molecule has 2 aromatic heterocycles. The third-order valence-electron chi connectivity index (χ3n) is 3.90. The van der Waals surface area contributed by atoms with E-state index in [4.69, 9.17) is 15.6 Å². The average Bonchev–Trinajstić information content (AvgIpc) is 3.25. The number of nitrogens with zero attached hydrogens (tertiary/aromatic N) is 4. The van der Waals surface area contributed by atoms with Crippen molar-refractivity contribution in [2.45, 2.75) is 37.6 Å². The van der Waals surface area contributed by atoms with Gasteiger partial charge in [-0.2, -0.15) is 0 Å². The Balaban J connectivity index is 1.63. The van der Waals surface area contributed by atoms with Crippen LogP contribution >= 0.6 is 23.1 Å². The Kier molecular flexibility index (Phi) is 6.16. The Bertz CT molecular complexity index is 842. The highest BCUT2D eigenvalue weighted by molar-refractivity contribution is 7.98. The summed E-state index contributed by atoms with van der Waals surface area (Å²) in [5, 5.41) is 12.4. The number of rotatable bonds is 8. The number of nitrogen functional groups attached to an aromatic ring is 1. The van der Waals surface area contributed by atoms with Crippen LogP contribution in [-0.2, 0) is 12.2 Å². The molecule has 8 heteroatoms. The molecule has 138 valence electrons. The fourth-order valence-electron chi connectivity index (χ4n) is 2.39. The minimum Gasteiger partial charge on any atom is -0.497 e. The van der Waals surface area contributed by atoms with Gasteiger partial charge in [-0.15, -0.1) is 21.5 Å². The van der Waals surface area contributed by atoms with Gasteiger partial charge < -0.3 is 10.6 Å². The summed E-state index contributed by atoms with van der Waals surface area (Å²) in [6.45, 7) is 4.47. The van der Waals surface area contributed by atoms with E-state index in [0.29, 0.717) is 16.9 Å². The Labute approximate surface area is 161 Å². The van der Waals surface area contributed by atoms with Gasteiger partial charge in [0.1, 0.15) is 5.75 Å². The molecule has 0 bridgehead atoms. The quantitative estimate of drug-likeness (QED) is 0.463. The smallest absolute Gasteiger partial charge is 0.210 e. The van der Waals surface area contributed by atoms with Crippen molar-refractivity contribution >= 4 is 23.1 Å². The van der Waals surface area contributed by atoms with Crippen molar-refractivity contribution in [3.05, 3.63) is 40.3 Å². The van der Waals surface area contributed by atoms with Crippen LogP contribution in [0.5, 0.6) is 5.75 Å². The van der Waals surface area contributed by atoms with Crippen molar-refractivity contribution in [3.63, 3.8) is 0 Å². The summed E-state index contributed by atoms with van der Waals surface area (Å²) in [5.41, 5.74) is 1.96. The molecule has 0 aliphatic heterocycles. The first kappa shape index (κ1) is 18.7. The normalized spacial score (nSPS) is 11.2. The van der Waals surface area contributed by atoms with Gasteiger partial charge in [-0.1, -0.05) is 25.6 Å². The Morgan fingerprint density at radius 3 is 2.69 bits per heavy atom. The van der Waals surface area contributed by atoms with Gasteiger partial charge in [-0.25, -0.2) is 9.66 Å². The minimum absolute atomic E-state index is 0.631. The predicted octanol–water partition coefficient (Wildman–Crippen LogP) is 4.00. The molecule has 3 aromatic rings. The number of benzene rings is 1. The van der Waals surface area contributed by atoms with Crippen LogP contribution in [0.4, 0.5) is 0 Å². The zero-order chi connectivity index (χ0) is 18.5. The first-order valence-corrected chi connectivity index (χ1v) is 10.3. The molecule has 1 aromatic carbocycles. The largest absolute Gasteiger partial charge is 0.497 e. The number of aryl methyl sites for hydroxylation is 1. The van der Waals surface area contributed by atoms with Crippen molar-refractivity contribution in [1.29, 1.82) is 0 Å². The van der Waals surface area contributed by atoms with Gasteiger partial charge in [0.2, 0.25) is 5.16 Å². The third-order valence-corrected chi connectivity index (χ3v) is 5.83. The zero-order valence-corrected chi connectivity index (χ0v) is 16.8. The molecule has 2 N–H and O–H groups in total. The molecule has 26 heavy (non-hydrogen) atoms. The van der Waals surface area contributed by atoms with Crippen molar-refractivity contribution < 1.29 is 4.74 Å². The second kappa shape index (κ2) is 8.55. The Hall–Kier alpha value is -2.06. The van der Waals surface area contributed by atoms with Crippen molar-refractivity contribution in [2.24, 2.45) is 5.92 Å². The molecule has 0 saturated carbocycles. The molecule has 0 spiro atoms. The maximum Gasteiger partial charge on any atom is 0.210 e. The van der Waals surface area contributed by atoms with Crippen molar-refractivity contribution in [2.75, 3.05) is 13.0 Å². The number of hydrogen-bond acceptors (Lipinski definition) is 7. The van der Waals surface area contributed by atoms with Gasteiger partial charge in [-0.05, 0) is 43.0 Å². The number of thiazole rings is 1. The summed E-state index contributed by atoms with van der Waals surface area (Å²) in [5.74, 6) is 9.03. The molecule has 0 amide bonds. The van der Waals surface area contributed by atoms with Crippen molar-refractivity contribution in [1.82, 2.24) is 19.9 Å². The first-order valence-electron chi connectivity index (χ1n) is 8.47. The Morgan fingerprint density at radius 1 is 1.23 bits per heavy atom. The molecular formula is C18H23N5OS2. The molecule has 6 nitrogen and oxygen atoms in total. The standard InChI is InChI=1S/C18H23N5OS2/c1-12(2)4-9-16-20-14(10-25-16)11-26-18-22-21-17(23(18)19)13-5-7-15(24-3)8-6-13/h5-8,10,12H,4,9,11,19H2,1-3H3. The summed E-state index contributed by atoms with van der Waals surface area (Å²) in [6, 6.07) is 7.60. The lowest BCUT2D eigenvalue weighted by atomic mass is 10.1. The molecule has 0 aliphatic carbocycles. The molecule has 0 unspecified atom stereocenters. The first-order chi connectivity index (χ1) is 12.6. The van der Waals surface area contributed by atoms with E-state index in [-0.39, 0.29) is 0 Å². The van der Waals surface area contributed by atoms with Gasteiger partial charge in [0.05, 0.1) is 17.8 Å². The molecule has 0 fully saturated rings. The van der Waals surface area contributed by atoms with E-state index in [1.54, 1.807) is 30.2 Å². The molecule has 0 radical (unpaired) electrons. The summed E-state index contributed by atoms with van der Waals surface area (Å²) in [6.07, 6.45) is 2.21. The third kappa shape index (κ3) is 4.56. The summed E-state index contributed by atoms with van der Waals surface area (Å²) in [4.78, 5) is 4.70.